The molecule has 1 aromatic rings. The smallest absolute Gasteiger partial charge is 0.319 e. The van der Waals surface area contributed by atoms with Crippen molar-refractivity contribution in [1.82, 2.24) is 0 Å². The van der Waals surface area contributed by atoms with Gasteiger partial charge in [0.15, 0.2) is 0 Å². The van der Waals surface area contributed by atoms with E-state index >= 15 is 0 Å². The van der Waals surface area contributed by atoms with Gasteiger partial charge in [-0.25, -0.2) is 0 Å². The summed E-state index contributed by atoms with van der Waals surface area (Å²) in [4.78, 5) is 45.3. The maximum Gasteiger partial charge on any atom is 0.319 e. The number of hydrogen-bond donors (Lipinski definition) is 6. The average Bonchev–Trinajstić information content (AvgIpc) is 2.81. The largest absolute Gasteiger partial charge is 0.325 e. The van der Waals surface area contributed by atoms with E-state index in [9.17, 15) is 0 Å². The molecule has 39 heavy (non-hydrogen) atoms. The third kappa shape index (κ3) is 55.5. The van der Waals surface area contributed by atoms with E-state index in [1.165, 1.54) is 140 Å². The van der Waals surface area contributed by atoms with E-state index in [0.717, 1.165) is 0 Å². The summed E-state index contributed by atoms with van der Waals surface area (Å²) in [6, 6.07) is 10.9. The molecule has 0 heterocycles. The van der Waals surface area contributed by atoms with Gasteiger partial charge in [-0.3, -0.25) is 0 Å². The van der Waals surface area contributed by atoms with Crippen molar-refractivity contribution in [3.05, 3.63) is 35.9 Å². The predicted molar refractivity (Wildman–Crippen MR) is 170 cm³/mol. The molecule has 11 heteroatoms. The van der Waals surface area contributed by atoms with E-state index in [1.807, 2.05) is 0 Å². The van der Waals surface area contributed by atoms with Crippen molar-refractivity contribution in [2.75, 3.05) is 0 Å². The molecule has 0 spiro atoms. The van der Waals surface area contributed by atoms with Crippen molar-refractivity contribution < 1.29 is 48.8 Å². The Morgan fingerprint density at radius 3 is 0.949 bits per heavy atom. The van der Waals surface area contributed by atoms with E-state index in [1.54, 1.807) is 0 Å². The number of benzene rings is 1. The molecule has 0 atom stereocenters. The molecule has 1 rings (SSSR count). The minimum Gasteiger partial charge on any atom is -0.325 e. The number of unbranched alkanes of at least 4 members (excludes halogenated alkanes) is 19. The SMILES string of the molecule is CCCCCCCCCCCCCCCCCCCCCCc1ccccc1.OP(O)(O)=S.OP(O)(O)=S.[Zn]. The van der Waals surface area contributed by atoms with Gasteiger partial charge in [-0.1, -0.05) is 159 Å². The monoisotopic (exact) mass is 678 g/mol. The summed E-state index contributed by atoms with van der Waals surface area (Å²) in [5.41, 5.74) is 1.50. The van der Waals surface area contributed by atoms with Crippen LogP contribution in [-0.2, 0) is 49.5 Å². The van der Waals surface area contributed by atoms with E-state index in [4.69, 9.17) is 29.4 Å². The Bertz CT molecular complexity index is 668. The number of rotatable bonds is 21. The van der Waals surface area contributed by atoms with Crippen LogP contribution in [0.4, 0.5) is 0 Å². The quantitative estimate of drug-likeness (QED) is 0.0435. The van der Waals surface area contributed by atoms with E-state index in [-0.39, 0.29) is 19.5 Å². The fourth-order valence-corrected chi connectivity index (χ4v) is 4.23. The van der Waals surface area contributed by atoms with Crippen molar-refractivity contribution in [1.29, 1.82) is 0 Å². The Labute approximate surface area is 262 Å². The summed E-state index contributed by atoms with van der Waals surface area (Å²) >= 11 is 7.21. The molecule has 228 valence electrons. The van der Waals surface area contributed by atoms with Gasteiger partial charge in [0.05, 0.1) is 0 Å². The van der Waals surface area contributed by atoms with Crippen molar-refractivity contribution in [3.63, 3.8) is 0 Å². The molecule has 0 bridgehead atoms. The molecule has 0 unspecified atom stereocenters. The second-order valence-electron chi connectivity index (χ2n) is 9.98. The van der Waals surface area contributed by atoms with Gasteiger partial charge in [0, 0.05) is 19.5 Å². The van der Waals surface area contributed by atoms with E-state index in [2.05, 4.69) is 60.9 Å². The van der Waals surface area contributed by atoms with Crippen LogP contribution in [0, 0.1) is 0 Å². The van der Waals surface area contributed by atoms with Crippen molar-refractivity contribution in [2.45, 2.75) is 142 Å². The average molecular weight is 680 g/mol. The summed E-state index contributed by atoms with van der Waals surface area (Å²) < 4.78 is 0. The van der Waals surface area contributed by atoms with Gasteiger partial charge in [-0.2, -0.15) is 0 Å². The van der Waals surface area contributed by atoms with Gasteiger partial charge in [0.2, 0.25) is 0 Å². The van der Waals surface area contributed by atoms with E-state index in [0.29, 0.717) is 0 Å². The molecule has 6 nitrogen and oxygen atoms in total. The molecular formula is C28H56O6P2S2Zn. The third-order valence-electron chi connectivity index (χ3n) is 6.16. The fourth-order valence-electron chi connectivity index (χ4n) is 4.23. The zero-order valence-corrected chi connectivity index (χ0v) is 30.7. The molecular weight excluding hydrogens is 624 g/mol. The van der Waals surface area contributed by atoms with Crippen molar-refractivity contribution in [3.8, 4) is 0 Å². The van der Waals surface area contributed by atoms with Gasteiger partial charge < -0.3 is 29.4 Å². The van der Waals surface area contributed by atoms with E-state index < -0.39 is 13.4 Å². The summed E-state index contributed by atoms with van der Waals surface area (Å²) in [5, 5.41) is 0. The summed E-state index contributed by atoms with van der Waals surface area (Å²) in [6.45, 7) is -5.31. The van der Waals surface area contributed by atoms with Gasteiger partial charge in [0.25, 0.3) is 0 Å². The molecule has 1 aromatic carbocycles. The fraction of sp³-hybridized carbons (Fsp3) is 0.786. The Hall–Kier alpha value is 0.903. The van der Waals surface area contributed by atoms with Crippen LogP contribution in [0.5, 0.6) is 0 Å². The minimum absolute atomic E-state index is 0. The summed E-state index contributed by atoms with van der Waals surface area (Å²) in [5.74, 6) is 0. The third-order valence-corrected chi connectivity index (χ3v) is 6.16. The van der Waals surface area contributed by atoms with Crippen LogP contribution in [0.3, 0.4) is 0 Å². The maximum absolute atomic E-state index is 7.56. The van der Waals surface area contributed by atoms with Crippen LogP contribution < -0.4 is 0 Å². The molecule has 0 aromatic heterocycles. The van der Waals surface area contributed by atoms with Crippen LogP contribution >= 0.6 is 13.4 Å². The zero-order chi connectivity index (χ0) is 29.0. The first-order valence-electron chi connectivity index (χ1n) is 14.5. The first-order valence-corrected chi connectivity index (χ1v) is 19.9. The van der Waals surface area contributed by atoms with Crippen LogP contribution in [-0.4, -0.2) is 29.4 Å². The minimum atomic E-state index is -3.81. The van der Waals surface area contributed by atoms with Gasteiger partial charge in [-0.15, -0.1) is 0 Å². The molecule has 0 saturated heterocycles. The van der Waals surface area contributed by atoms with Crippen molar-refractivity contribution in [2.24, 2.45) is 0 Å². The second-order valence-corrected chi connectivity index (χ2v) is 15.0. The summed E-state index contributed by atoms with van der Waals surface area (Å²) in [7, 11) is 0. The molecule has 0 aliphatic heterocycles. The Balaban J connectivity index is -0.00000100. The molecule has 6 N–H and O–H groups in total. The molecule has 0 fully saturated rings. The number of hydrogen-bond acceptors (Lipinski definition) is 2. The Kier molecular flexibility index (Phi) is 36.2. The van der Waals surface area contributed by atoms with Crippen LogP contribution in [0.15, 0.2) is 30.3 Å². The molecule has 0 aliphatic carbocycles. The molecule has 0 aliphatic rings. The number of aryl methyl sites for hydroxylation is 1. The maximum atomic E-state index is 7.56. The Morgan fingerprint density at radius 1 is 0.462 bits per heavy atom. The Morgan fingerprint density at radius 2 is 0.692 bits per heavy atom. The zero-order valence-electron chi connectivity index (χ0n) is 24.3. The van der Waals surface area contributed by atoms with Crippen LogP contribution in [0.25, 0.3) is 0 Å². The normalized spacial score (nSPS) is 11.1. The molecule has 0 radical (unpaired) electrons. The van der Waals surface area contributed by atoms with Crippen LogP contribution in [0.2, 0.25) is 0 Å². The van der Waals surface area contributed by atoms with Crippen molar-refractivity contribution >= 4 is 37.1 Å². The summed E-state index contributed by atoms with van der Waals surface area (Å²) in [6.07, 6.45) is 30.4. The van der Waals surface area contributed by atoms with Gasteiger partial charge in [0.1, 0.15) is 0 Å². The standard InChI is InChI=1S/C28H50.2H3O3PS.Zn/c1-2-3-4-5-6-7-8-9-10-11-12-13-14-15-16-17-18-19-20-22-25-28-26-23-21-24-27-28;2*1-4(2,3)5;/h21,23-24,26-27H,2-20,22,25H2,1H3;2*(H3,1,2,3,5);. The topological polar surface area (TPSA) is 121 Å². The first-order chi connectivity index (χ1) is 17.9. The first kappa shape index (κ1) is 44.3. The molecule has 0 saturated carbocycles. The van der Waals surface area contributed by atoms with Crippen LogP contribution in [0.1, 0.15) is 141 Å². The van der Waals surface area contributed by atoms with Gasteiger partial charge in [-0.05, 0) is 42.0 Å². The predicted octanol–water partition coefficient (Wildman–Crippen LogP) is 8.42. The molecule has 0 amide bonds. The second kappa shape index (κ2) is 31.8. The van der Waals surface area contributed by atoms with Gasteiger partial charge >= 0.3 is 13.4 Å².